The molecule has 0 aliphatic carbocycles. The van der Waals surface area contributed by atoms with E-state index in [-0.39, 0.29) is 24.0 Å². The number of fused-ring (bicyclic) bond motifs is 1. The number of hydrazone groups is 1. The fourth-order valence-electron chi connectivity index (χ4n) is 3.55. The van der Waals surface area contributed by atoms with E-state index in [1.807, 2.05) is 12.1 Å². The van der Waals surface area contributed by atoms with E-state index in [1.165, 1.54) is 30.3 Å². The van der Waals surface area contributed by atoms with Crippen molar-refractivity contribution in [2.45, 2.75) is 12.6 Å². The van der Waals surface area contributed by atoms with Crippen molar-refractivity contribution in [3.63, 3.8) is 0 Å². The van der Waals surface area contributed by atoms with Crippen LogP contribution in [0, 0.1) is 10.1 Å². The number of hydrogen-bond acceptors (Lipinski definition) is 7. The first-order valence-electron chi connectivity index (χ1n) is 9.82. The number of guanidine groups is 1. The summed E-state index contributed by atoms with van der Waals surface area (Å²) in [6, 6.07) is 11.8. The van der Waals surface area contributed by atoms with Gasteiger partial charge in [0.15, 0.2) is 0 Å². The largest absolute Gasteiger partial charge is 0.414 e. The Hall–Kier alpha value is -4.12. The highest BCUT2D eigenvalue weighted by atomic mass is 35.5. The number of imide groups is 1. The molecular weight excluding hydrogens is 450 g/mol. The number of hydrogen-bond donors (Lipinski definition) is 1. The summed E-state index contributed by atoms with van der Waals surface area (Å²) in [4.78, 5) is 42.6. The molecule has 0 aromatic heterocycles. The fourth-order valence-corrected chi connectivity index (χ4v) is 3.74. The Kier molecular flexibility index (Phi) is 5.88. The van der Waals surface area contributed by atoms with Gasteiger partial charge in [-0.25, -0.2) is 9.37 Å². The molecule has 1 saturated heterocycles. The summed E-state index contributed by atoms with van der Waals surface area (Å²) in [6.45, 7) is 0.230. The molecule has 2 aromatic rings. The molecule has 1 N–H and O–H groups in total. The highest BCUT2D eigenvalue weighted by molar-refractivity contribution is 6.31. The molecule has 1 unspecified atom stereocenters. The second-order valence-corrected chi connectivity index (χ2v) is 7.78. The molecule has 168 valence electrons. The first-order valence-corrected chi connectivity index (χ1v) is 10.2. The molecule has 3 amide bonds. The number of nitro groups is 1. The van der Waals surface area contributed by atoms with E-state index in [2.05, 4.69) is 15.5 Å². The molecule has 2 aliphatic heterocycles. The molecule has 11 nitrogen and oxygen atoms in total. The number of nitro benzene ring substituents is 1. The Morgan fingerprint density at radius 1 is 1.21 bits per heavy atom. The molecule has 33 heavy (non-hydrogen) atoms. The van der Waals surface area contributed by atoms with Crippen molar-refractivity contribution in [1.82, 2.24) is 15.2 Å². The number of amides is 3. The first-order chi connectivity index (χ1) is 15.8. The van der Waals surface area contributed by atoms with Crippen LogP contribution in [0.1, 0.15) is 11.1 Å². The average molecular weight is 469 g/mol. The zero-order chi connectivity index (χ0) is 23.7. The number of likely N-dealkylation sites (N-methyl/N-ethyl adjacent to an activating group) is 2. The van der Waals surface area contributed by atoms with Crippen LogP contribution in [0.3, 0.4) is 0 Å². The monoisotopic (exact) mass is 468 g/mol. The van der Waals surface area contributed by atoms with Gasteiger partial charge in [-0.2, -0.15) is 5.43 Å². The van der Waals surface area contributed by atoms with Crippen molar-refractivity contribution in [2.75, 3.05) is 14.1 Å². The van der Waals surface area contributed by atoms with Crippen LogP contribution in [0.25, 0.3) is 0 Å². The number of benzene rings is 2. The van der Waals surface area contributed by atoms with E-state index < -0.39 is 22.9 Å². The van der Waals surface area contributed by atoms with Crippen molar-refractivity contribution < 1.29 is 19.1 Å². The number of amidine groups is 1. The van der Waals surface area contributed by atoms with Crippen molar-refractivity contribution >= 4 is 47.2 Å². The summed E-state index contributed by atoms with van der Waals surface area (Å²) >= 11 is 6.33. The number of non-ortho nitro benzene ring substituents is 1. The smallest absolute Gasteiger partial charge is 0.270 e. The van der Waals surface area contributed by atoms with Gasteiger partial charge < -0.3 is 0 Å². The van der Waals surface area contributed by atoms with Crippen LogP contribution < -0.4 is 5.43 Å². The van der Waals surface area contributed by atoms with E-state index in [0.717, 1.165) is 10.5 Å². The molecule has 1 atom stereocenters. The van der Waals surface area contributed by atoms with Gasteiger partial charge in [0.05, 0.1) is 17.7 Å². The summed E-state index contributed by atoms with van der Waals surface area (Å²) < 4.78 is 1.67. The maximum Gasteiger partial charge on any atom is 0.414 e. The molecule has 2 aromatic carbocycles. The van der Waals surface area contributed by atoms with Crippen LogP contribution in [0.2, 0.25) is 5.02 Å². The lowest BCUT2D eigenvalue weighted by molar-refractivity contribution is -0.553. The number of carbonyl (C=O) groups is 2. The van der Waals surface area contributed by atoms with Gasteiger partial charge in [0.2, 0.25) is 11.9 Å². The molecule has 0 saturated carbocycles. The summed E-state index contributed by atoms with van der Waals surface area (Å²) in [7, 11) is 2.96. The van der Waals surface area contributed by atoms with Gasteiger partial charge in [-0.3, -0.25) is 24.7 Å². The van der Waals surface area contributed by atoms with E-state index in [0.29, 0.717) is 10.6 Å². The van der Waals surface area contributed by atoms with Gasteiger partial charge >= 0.3 is 12.0 Å². The average Bonchev–Trinajstić information content (AvgIpc) is 3.16. The number of rotatable bonds is 5. The lowest BCUT2D eigenvalue weighted by Gasteiger charge is -2.31. The maximum absolute atomic E-state index is 13.0. The molecule has 2 heterocycles. The normalized spacial score (nSPS) is 18.2. The van der Waals surface area contributed by atoms with Gasteiger partial charge in [-0.05, 0) is 6.07 Å². The summed E-state index contributed by atoms with van der Waals surface area (Å²) in [5.41, 5.74) is 3.99. The van der Waals surface area contributed by atoms with E-state index in [4.69, 9.17) is 11.6 Å². The quantitative estimate of drug-likeness (QED) is 0.311. The minimum Gasteiger partial charge on any atom is -0.270 e. The lowest BCUT2D eigenvalue weighted by atomic mass is 10.1. The number of halogens is 1. The lowest BCUT2D eigenvalue weighted by Crippen LogP contribution is -2.61. The Bertz CT molecular complexity index is 1260. The predicted octanol–water partition coefficient (Wildman–Crippen LogP) is 2.04. The van der Waals surface area contributed by atoms with Gasteiger partial charge in [0.1, 0.15) is 0 Å². The molecule has 0 radical (unpaired) electrons. The van der Waals surface area contributed by atoms with Crippen LogP contribution in [-0.4, -0.2) is 69.4 Å². The topological polar surface area (TPSA) is 124 Å². The Labute approximate surface area is 193 Å². The number of nitrogens with one attached hydrogen (secondary N) is 1. The fraction of sp³-hybridized carbons (Fsp3) is 0.190. The van der Waals surface area contributed by atoms with Crippen LogP contribution in [0.4, 0.5) is 10.5 Å². The van der Waals surface area contributed by atoms with Crippen molar-refractivity contribution in [3.05, 3.63) is 74.8 Å². The van der Waals surface area contributed by atoms with Crippen LogP contribution in [-0.2, 0) is 11.3 Å². The van der Waals surface area contributed by atoms with Gasteiger partial charge in [-0.1, -0.05) is 46.9 Å². The van der Waals surface area contributed by atoms with Gasteiger partial charge in [-0.15, -0.1) is 5.10 Å². The zero-order valence-corrected chi connectivity index (χ0v) is 18.4. The number of nitrogens with zero attached hydrogens (tertiary/aromatic N) is 6. The highest BCUT2D eigenvalue weighted by Crippen LogP contribution is 2.23. The van der Waals surface area contributed by atoms with Crippen molar-refractivity contribution in [2.24, 2.45) is 10.1 Å². The summed E-state index contributed by atoms with van der Waals surface area (Å²) in [5, 5.41) is 15.6. The third-order valence-electron chi connectivity index (χ3n) is 5.29. The molecule has 12 heteroatoms. The van der Waals surface area contributed by atoms with Crippen LogP contribution in [0.15, 0.2) is 58.6 Å². The van der Waals surface area contributed by atoms with Gasteiger partial charge in [0.25, 0.3) is 11.6 Å². The molecular formula is C21H19ClN7O4+. The summed E-state index contributed by atoms with van der Waals surface area (Å²) in [6.07, 6.45) is 1.40. The van der Waals surface area contributed by atoms with E-state index in [1.54, 1.807) is 35.9 Å². The Balaban J connectivity index is 1.69. The predicted molar refractivity (Wildman–Crippen MR) is 121 cm³/mol. The van der Waals surface area contributed by atoms with E-state index in [9.17, 15) is 19.7 Å². The molecule has 0 bridgehead atoms. The third kappa shape index (κ3) is 4.17. The minimum atomic E-state index is -0.843. The highest BCUT2D eigenvalue weighted by Gasteiger charge is 2.51. The SMILES string of the molecule is CN1C(=O)C2C(=NC(N/N=C/c3cccc([N+](=O)[O-])c3)=[N+]2Cc2ccccc2Cl)N(C)C1=O. The standard InChI is InChI=1S/C21H18ClN7O4/c1-26-18-17(19(30)27(2)21(26)31)28(12-14-7-3-4-9-16(14)22)20(24-18)25-23-11-13-6-5-8-15(10-13)29(32)33/h3-11,17H,12H2,1-2H3/p+1/b23-11+. The second kappa shape index (κ2) is 8.79. The third-order valence-corrected chi connectivity index (χ3v) is 5.66. The number of urea groups is 1. The second-order valence-electron chi connectivity index (χ2n) is 7.38. The molecule has 0 spiro atoms. The van der Waals surface area contributed by atoms with Crippen molar-refractivity contribution in [3.8, 4) is 0 Å². The first kappa shape index (κ1) is 22.1. The Morgan fingerprint density at radius 2 is 1.97 bits per heavy atom. The number of aliphatic imine (C=N–C) groups is 1. The number of carbonyl (C=O) groups excluding carboxylic acids is 2. The molecule has 1 fully saturated rings. The minimum absolute atomic E-state index is 0.0622. The van der Waals surface area contributed by atoms with Gasteiger partial charge in [0, 0.05) is 42.4 Å². The van der Waals surface area contributed by atoms with E-state index >= 15 is 0 Å². The zero-order valence-electron chi connectivity index (χ0n) is 17.7. The molecule has 2 aliphatic rings. The van der Waals surface area contributed by atoms with Crippen molar-refractivity contribution in [1.29, 1.82) is 0 Å². The Morgan fingerprint density at radius 3 is 2.70 bits per heavy atom. The summed E-state index contributed by atoms with van der Waals surface area (Å²) in [5.74, 6) is 0.0754. The van der Waals surface area contributed by atoms with Crippen LogP contribution in [0.5, 0.6) is 0 Å². The maximum atomic E-state index is 13.0. The van der Waals surface area contributed by atoms with Crippen LogP contribution >= 0.6 is 11.6 Å². The molecule has 4 rings (SSSR count).